The standard InChI is InChI=1S/C25H24N2O5/c1-30-22-9-5-6-18(12-22)14-27-15-19-13-20(10-11-23(19)32-17-25(27)29)26-24(28)16-31-21-7-3-2-4-8-21/h2-13H,14-17H2,1H3,(H,26,28). The van der Waals surface area contributed by atoms with Gasteiger partial charge >= 0.3 is 0 Å². The van der Waals surface area contributed by atoms with Gasteiger partial charge < -0.3 is 24.4 Å². The van der Waals surface area contributed by atoms with Crippen LogP contribution in [0.5, 0.6) is 17.2 Å². The summed E-state index contributed by atoms with van der Waals surface area (Å²) < 4.78 is 16.4. The first-order valence-electron chi connectivity index (χ1n) is 10.2. The van der Waals surface area contributed by atoms with Crippen molar-refractivity contribution < 1.29 is 23.8 Å². The van der Waals surface area contributed by atoms with E-state index in [2.05, 4.69) is 5.32 Å². The average Bonchev–Trinajstić information content (AvgIpc) is 2.97. The van der Waals surface area contributed by atoms with E-state index < -0.39 is 0 Å². The number of methoxy groups -OCH3 is 1. The van der Waals surface area contributed by atoms with Crippen molar-refractivity contribution in [1.82, 2.24) is 4.90 Å². The molecule has 0 fully saturated rings. The first-order valence-corrected chi connectivity index (χ1v) is 10.2. The minimum atomic E-state index is -0.271. The van der Waals surface area contributed by atoms with Gasteiger partial charge in [0.05, 0.1) is 7.11 Å². The predicted octanol–water partition coefficient (Wildman–Crippen LogP) is 3.63. The maximum Gasteiger partial charge on any atom is 0.262 e. The Morgan fingerprint density at radius 3 is 2.66 bits per heavy atom. The number of carbonyl (C=O) groups is 2. The topological polar surface area (TPSA) is 77.1 Å². The minimum absolute atomic E-state index is 0.0341. The summed E-state index contributed by atoms with van der Waals surface area (Å²) in [5, 5.41) is 2.83. The van der Waals surface area contributed by atoms with Gasteiger partial charge in [0.2, 0.25) is 0 Å². The number of nitrogens with one attached hydrogen (secondary N) is 1. The second-order valence-corrected chi connectivity index (χ2v) is 7.36. The molecule has 0 saturated carbocycles. The highest BCUT2D eigenvalue weighted by atomic mass is 16.5. The lowest BCUT2D eigenvalue weighted by Crippen LogP contribution is -2.31. The van der Waals surface area contributed by atoms with Gasteiger partial charge in [-0.15, -0.1) is 0 Å². The molecule has 0 unspecified atom stereocenters. The number of benzene rings is 3. The summed E-state index contributed by atoms with van der Waals surface area (Å²) >= 11 is 0. The number of carbonyl (C=O) groups excluding carboxylic acids is 2. The molecule has 3 aromatic rings. The summed E-state index contributed by atoms with van der Waals surface area (Å²) in [4.78, 5) is 26.6. The summed E-state index contributed by atoms with van der Waals surface area (Å²) in [7, 11) is 1.61. The lowest BCUT2D eigenvalue weighted by atomic mass is 10.1. The number of rotatable bonds is 7. The summed E-state index contributed by atoms with van der Waals surface area (Å²) in [6.07, 6.45) is 0. The summed E-state index contributed by atoms with van der Waals surface area (Å²) in [6.45, 7) is 0.668. The molecule has 1 N–H and O–H groups in total. The van der Waals surface area contributed by atoms with E-state index in [1.165, 1.54) is 0 Å². The smallest absolute Gasteiger partial charge is 0.262 e. The molecule has 164 valence electrons. The largest absolute Gasteiger partial charge is 0.497 e. The SMILES string of the molecule is COc1cccc(CN2Cc3cc(NC(=O)COc4ccccc4)ccc3OCC2=O)c1. The van der Waals surface area contributed by atoms with E-state index in [-0.39, 0.29) is 25.0 Å². The van der Waals surface area contributed by atoms with Crippen LogP contribution in [0.2, 0.25) is 0 Å². The van der Waals surface area contributed by atoms with E-state index in [1.54, 1.807) is 36.3 Å². The quantitative estimate of drug-likeness (QED) is 0.617. The molecule has 7 nitrogen and oxygen atoms in total. The molecule has 4 rings (SSSR count). The van der Waals surface area contributed by atoms with Crippen LogP contribution in [0.3, 0.4) is 0 Å². The van der Waals surface area contributed by atoms with Gasteiger partial charge in [0, 0.05) is 24.3 Å². The molecular weight excluding hydrogens is 408 g/mol. The van der Waals surface area contributed by atoms with Gasteiger partial charge in [-0.3, -0.25) is 9.59 Å². The third kappa shape index (κ3) is 5.37. The monoisotopic (exact) mass is 432 g/mol. The fraction of sp³-hybridized carbons (Fsp3) is 0.200. The van der Waals surface area contributed by atoms with Crippen LogP contribution in [0.25, 0.3) is 0 Å². The molecule has 0 radical (unpaired) electrons. The van der Waals surface area contributed by atoms with E-state index in [0.717, 1.165) is 16.9 Å². The number of nitrogens with zero attached hydrogens (tertiary/aromatic N) is 1. The third-order valence-electron chi connectivity index (χ3n) is 5.03. The van der Waals surface area contributed by atoms with Gasteiger partial charge in [-0.05, 0) is 48.0 Å². The van der Waals surface area contributed by atoms with E-state index in [4.69, 9.17) is 14.2 Å². The van der Waals surface area contributed by atoms with Crippen LogP contribution < -0.4 is 19.5 Å². The number of amides is 2. The zero-order valence-corrected chi connectivity index (χ0v) is 17.7. The first-order chi connectivity index (χ1) is 15.6. The van der Waals surface area contributed by atoms with E-state index in [9.17, 15) is 9.59 Å². The van der Waals surface area contributed by atoms with Crippen molar-refractivity contribution in [1.29, 1.82) is 0 Å². The molecule has 0 atom stereocenters. The van der Waals surface area contributed by atoms with Gasteiger partial charge in [0.1, 0.15) is 17.2 Å². The van der Waals surface area contributed by atoms with Gasteiger partial charge in [-0.1, -0.05) is 30.3 Å². The Morgan fingerprint density at radius 2 is 1.84 bits per heavy atom. The van der Waals surface area contributed by atoms with Crippen LogP contribution >= 0.6 is 0 Å². The Labute approximate surface area is 186 Å². The molecule has 1 aliphatic heterocycles. The number of anilines is 1. The number of hydrogen-bond acceptors (Lipinski definition) is 5. The Balaban J connectivity index is 1.43. The van der Waals surface area contributed by atoms with Crippen molar-refractivity contribution >= 4 is 17.5 Å². The van der Waals surface area contributed by atoms with Crippen LogP contribution in [0, 0.1) is 0 Å². The molecule has 1 heterocycles. The minimum Gasteiger partial charge on any atom is -0.497 e. The van der Waals surface area contributed by atoms with E-state index in [0.29, 0.717) is 30.3 Å². The number of para-hydroxylation sites is 1. The highest BCUT2D eigenvalue weighted by molar-refractivity contribution is 5.92. The average molecular weight is 432 g/mol. The van der Waals surface area contributed by atoms with Crippen LogP contribution in [0.1, 0.15) is 11.1 Å². The Kier molecular flexibility index (Phi) is 6.55. The number of ether oxygens (including phenoxy) is 3. The Hall–Kier alpha value is -4.00. The molecule has 0 saturated heterocycles. The molecule has 7 heteroatoms. The highest BCUT2D eigenvalue weighted by Gasteiger charge is 2.22. The van der Waals surface area contributed by atoms with Crippen molar-refractivity contribution in [3.05, 3.63) is 83.9 Å². The molecule has 0 spiro atoms. The first kappa shape index (κ1) is 21.2. The van der Waals surface area contributed by atoms with E-state index >= 15 is 0 Å². The number of fused-ring (bicyclic) bond motifs is 1. The van der Waals surface area contributed by atoms with E-state index in [1.807, 2.05) is 48.5 Å². The fourth-order valence-corrected chi connectivity index (χ4v) is 3.44. The summed E-state index contributed by atoms with van der Waals surface area (Å²) in [5.74, 6) is 1.62. The fourth-order valence-electron chi connectivity index (χ4n) is 3.44. The molecule has 0 aromatic heterocycles. The van der Waals surface area contributed by atoms with Crippen molar-refractivity contribution in [3.8, 4) is 17.2 Å². The lowest BCUT2D eigenvalue weighted by molar-refractivity contribution is -0.133. The maximum absolute atomic E-state index is 12.6. The summed E-state index contributed by atoms with van der Waals surface area (Å²) in [5.41, 5.74) is 2.40. The van der Waals surface area contributed by atoms with Crippen molar-refractivity contribution in [2.45, 2.75) is 13.1 Å². The van der Waals surface area contributed by atoms with Crippen LogP contribution in [-0.2, 0) is 22.7 Å². The highest BCUT2D eigenvalue weighted by Crippen LogP contribution is 2.28. The predicted molar refractivity (Wildman–Crippen MR) is 120 cm³/mol. The second-order valence-electron chi connectivity index (χ2n) is 7.36. The third-order valence-corrected chi connectivity index (χ3v) is 5.03. The Morgan fingerprint density at radius 1 is 1.03 bits per heavy atom. The molecule has 3 aromatic carbocycles. The molecule has 1 aliphatic rings. The Bertz CT molecular complexity index is 1100. The lowest BCUT2D eigenvalue weighted by Gasteiger charge is -2.20. The van der Waals surface area contributed by atoms with Crippen molar-refractivity contribution in [2.24, 2.45) is 0 Å². The van der Waals surface area contributed by atoms with Crippen molar-refractivity contribution in [3.63, 3.8) is 0 Å². The molecule has 0 aliphatic carbocycles. The van der Waals surface area contributed by atoms with Crippen molar-refractivity contribution in [2.75, 3.05) is 25.6 Å². The van der Waals surface area contributed by atoms with Gasteiger partial charge in [-0.25, -0.2) is 0 Å². The van der Waals surface area contributed by atoms with Gasteiger partial charge in [-0.2, -0.15) is 0 Å². The zero-order valence-electron chi connectivity index (χ0n) is 17.7. The maximum atomic E-state index is 12.6. The zero-order chi connectivity index (χ0) is 22.3. The summed E-state index contributed by atoms with van der Waals surface area (Å²) in [6, 6.07) is 22.1. The van der Waals surface area contributed by atoms with Crippen LogP contribution in [-0.4, -0.2) is 37.0 Å². The van der Waals surface area contributed by atoms with Gasteiger partial charge in [0.15, 0.2) is 13.2 Å². The van der Waals surface area contributed by atoms with Crippen LogP contribution in [0.15, 0.2) is 72.8 Å². The molecule has 0 bridgehead atoms. The van der Waals surface area contributed by atoms with Gasteiger partial charge in [0.25, 0.3) is 11.8 Å². The molecule has 2 amide bonds. The normalized spacial score (nSPS) is 12.9. The molecular formula is C25H24N2O5. The molecule has 32 heavy (non-hydrogen) atoms. The number of hydrogen-bond donors (Lipinski definition) is 1. The second kappa shape index (κ2) is 9.87. The van der Waals surface area contributed by atoms with Crippen LogP contribution in [0.4, 0.5) is 5.69 Å².